The van der Waals surface area contributed by atoms with Crippen LogP contribution in [0.4, 0.5) is 10.7 Å². The number of nitrogens with zero attached hydrogens (tertiary/aromatic N) is 3. The molecule has 1 unspecified atom stereocenters. The number of carboxylic acids is 2. The molecule has 20 heavy (non-hydrogen) atoms. The van der Waals surface area contributed by atoms with E-state index in [0.717, 1.165) is 0 Å². The number of aryl methyl sites for hydroxylation is 2. The number of nitrogens with one attached hydrogen (secondary N) is 2. The van der Waals surface area contributed by atoms with Crippen LogP contribution >= 0.6 is 0 Å². The van der Waals surface area contributed by atoms with Crippen LogP contribution in [0.15, 0.2) is 0 Å². The molecule has 1 rings (SSSR count). The maximum atomic E-state index is 11.5. The highest BCUT2D eigenvalue weighted by atomic mass is 16.4. The summed E-state index contributed by atoms with van der Waals surface area (Å²) in [7, 11) is 0. The van der Waals surface area contributed by atoms with Crippen LogP contribution in [0.25, 0.3) is 0 Å². The molecule has 0 aliphatic rings. The molecule has 0 saturated heterocycles. The molecule has 4 N–H and O–H groups in total. The number of aliphatic carboxylic acids is 2. The molecular weight excluding hydrogens is 270 g/mol. The number of urea groups is 1. The first-order valence-corrected chi connectivity index (χ1v) is 5.49. The summed E-state index contributed by atoms with van der Waals surface area (Å²) in [5.74, 6) is -2.91. The van der Waals surface area contributed by atoms with Crippen LogP contribution in [0.3, 0.4) is 0 Å². The van der Waals surface area contributed by atoms with Gasteiger partial charge in [0.2, 0.25) is 0 Å². The zero-order valence-electron chi connectivity index (χ0n) is 10.7. The Bertz CT molecular complexity index is 547. The third-order valence-corrected chi connectivity index (χ3v) is 2.30. The van der Waals surface area contributed by atoms with Crippen molar-refractivity contribution in [3.63, 3.8) is 0 Å². The molecule has 0 bridgehead atoms. The van der Waals surface area contributed by atoms with Crippen molar-refractivity contribution in [2.75, 3.05) is 5.32 Å². The lowest BCUT2D eigenvalue weighted by Crippen LogP contribution is -2.44. The Balaban J connectivity index is 2.67. The summed E-state index contributed by atoms with van der Waals surface area (Å²) in [5.41, 5.74) is 1.14. The summed E-state index contributed by atoms with van der Waals surface area (Å²) in [6, 6.07) is -2.48. The van der Waals surface area contributed by atoms with Crippen molar-refractivity contribution in [3.8, 4) is 0 Å². The Labute approximate surface area is 113 Å². The van der Waals surface area contributed by atoms with Gasteiger partial charge in [-0.3, -0.25) is 10.1 Å². The topological polar surface area (TPSA) is 154 Å². The summed E-state index contributed by atoms with van der Waals surface area (Å²) in [4.78, 5) is 36.7. The first-order valence-electron chi connectivity index (χ1n) is 5.49. The largest absolute Gasteiger partial charge is 0.481 e. The van der Waals surface area contributed by atoms with Gasteiger partial charge in [0.05, 0.1) is 17.8 Å². The molecule has 1 aromatic rings. The molecule has 1 aromatic heterocycles. The van der Waals surface area contributed by atoms with Crippen molar-refractivity contribution >= 4 is 23.9 Å². The minimum absolute atomic E-state index is 0.106. The average Bonchev–Trinajstić information content (AvgIpc) is 2.32. The second-order valence-corrected chi connectivity index (χ2v) is 3.89. The Morgan fingerprint density at radius 1 is 1.15 bits per heavy atom. The van der Waals surface area contributed by atoms with Crippen molar-refractivity contribution in [1.29, 1.82) is 0 Å². The van der Waals surface area contributed by atoms with Crippen molar-refractivity contribution in [2.24, 2.45) is 0 Å². The third-order valence-electron chi connectivity index (χ3n) is 2.30. The first-order chi connectivity index (χ1) is 9.29. The van der Waals surface area contributed by atoms with Gasteiger partial charge in [0.15, 0.2) is 0 Å². The smallest absolute Gasteiger partial charge is 0.326 e. The molecule has 108 valence electrons. The second kappa shape index (κ2) is 6.41. The molecule has 0 spiro atoms. The van der Waals surface area contributed by atoms with Gasteiger partial charge < -0.3 is 15.5 Å². The number of carbonyl (C=O) groups excluding carboxylic acids is 1. The number of carboxylic acid groups (broad SMARTS) is 2. The summed E-state index contributed by atoms with van der Waals surface area (Å²) >= 11 is 0. The monoisotopic (exact) mass is 283 g/mol. The van der Waals surface area contributed by atoms with E-state index in [1.165, 1.54) is 0 Å². The molecule has 10 heteroatoms. The minimum Gasteiger partial charge on any atom is -0.481 e. The maximum Gasteiger partial charge on any atom is 0.326 e. The minimum atomic E-state index is -1.55. The highest BCUT2D eigenvalue weighted by Crippen LogP contribution is 2.02. The number of aromatic nitrogens is 3. The molecule has 0 saturated carbocycles. The predicted octanol–water partition coefficient (Wildman–Crippen LogP) is -0.462. The van der Waals surface area contributed by atoms with Crippen molar-refractivity contribution in [3.05, 3.63) is 11.4 Å². The van der Waals surface area contributed by atoms with E-state index in [1.807, 2.05) is 5.32 Å². The quantitative estimate of drug-likeness (QED) is 0.565. The van der Waals surface area contributed by atoms with Crippen LogP contribution in [0, 0.1) is 13.8 Å². The van der Waals surface area contributed by atoms with E-state index in [9.17, 15) is 14.4 Å². The maximum absolute atomic E-state index is 11.5. The van der Waals surface area contributed by atoms with Crippen LogP contribution in [0.5, 0.6) is 0 Å². The van der Waals surface area contributed by atoms with Gasteiger partial charge in [0, 0.05) is 0 Å². The highest BCUT2D eigenvalue weighted by Gasteiger charge is 2.23. The summed E-state index contributed by atoms with van der Waals surface area (Å²) in [5, 5.41) is 28.8. The SMILES string of the molecule is Cc1nnc(NC(=O)NC(CC(=O)O)C(=O)O)nc1C. The van der Waals surface area contributed by atoms with Crippen molar-refractivity contribution < 1.29 is 24.6 Å². The Morgan fingerprint density at radius 2 is 1.80 bits per heavy atom. The molecule has 0 aliphatic carbocycles. The second-order valence-electron chi connectivity index (χ2n) is 3.89. The van der Waals surface area contributed by atoms with Crippen molar-refractivity contribution in [2.45, 2.75) is 26.3 Å². The zero-order valence-corrected chi connectivity index (χ0v) is 10.7. The predicted molar refractivity (Wildman–Crippen MR) is 65.1 cm³/mol. The van der Waals surface area contributed by atoms with Crippen LogP contribution in [-0.4, -0.2) is 49.4 Å². The molecule has 10 nitrogen and oxygen atoms in total. The van der Waals surface area contributed by atoms with E-state index < -0.39 is 30.4 Å². The van der Waals surface area contributed by atoms with E-state index in [1.54, 1.807) is 13.8 Å². The summed E-state index contributed by atoms with van der Waals surface area (Å²) in [6.07, 6.45) is -0.741. The lowest BCUT2D eigenvalue weighted by atomic mass is 10.2. The van der Waals surface area contributed by atoms with E-state index in [4.69, 9.17) is 10.2 Å². The fourth-order valence-electron chi connectivity index (χ4n) is 1.18. The van der Waals surface area contributed by atoms with Gasteiger partial charge in [-0.05, 0) is 13.8 Å². The highest BCUT2D eigenvalue weighted by molar-refractivity contribution is 5.92. The van der Waals surface area contributed by atoms with E-state index in [0.29, 0.717) is 11.4 Å². The molecule has 1 heterocycles. The molecule has 2 amide bonds. The molecular formula is C10H13N5O5. The number of hydrogen-bond donors (Lipinski definition) is 4. The van der Waals surface area contributed by atoms with Crippen LogP contribution in [0.2, 0.25) is 0 Å². The van der Waals surface area contributed by atoms with Crippen LogP contribution in [0.1, 0.15) is 17.8 Å². The third kappa shape index (κ3) is 4.48. The first kappa shape index (κ1) is 15.3. The average molecular weight is 283 g/mol. The molecule has 1 atom stereocenters. The Kier molecular flexibility index (Phi) is 4.89. The van der Waals surface area contributed by atoms with Gasteiger partial charge in [0.1, 0.15) is 6.04 Å². The lowest BCUT2D eigenvalue weighted by molar-refractivity contribution is -0.145. The number of hydrogen-bond acceptors (Lipinski definition) is 6. The van der Waals surface area contributed by atoms with Gasteiger partial charge in [-0.25, -0.2) is 14.6 Å². The fourth-order valence-corrected chi connectivity index (χ4v) is 1.18. The summed E-state index contributed by atoms with van der Waals surface area (Å²) in [6.45, 7) is 3.35. The van der Waals surface area contributed by atoms with Crippen molar-refractivity contribution in [1.82, 2.24) is 20.5 Å². The van der Waals surface area contributed by atoms with E-state index in [2.05, 4.69) is 20.5 Å². The van der Waals surface area contributed by atoms with Crippen LogP contribution in [-0.2, 0) is 9.59 Å². The van der Waals surface area contributed by atoms with E-state index >= 15 is 0 Å². The fraction of sp³-hybridized carbons (Fsp3) is 0.400. The van der Waals surface area contributed by atoms with Gasteiger partial charge in [0.25, 0.3) is 5.95 Å². The van der Waals surface area contributed by atoms with Gasteiger partial charge in [-0.15, -0.1) is 5.10 Å². The number of carbonyl (C=O) groups is 3. The molecule has 0 aromatic carbocycles. The van der Waals surface area contributed by atoms with Gasteiger partial charge in [-0.2, -0.15) is 5.10 Å². The standard InChI is InChI=1S/C10H13N5O5/c1-4-5(2)14-15-9(11-4)13-10(20)12-6(8(18)19)3-7(16)17/h6H,3H2,1-2H3,(H,16,17)(H,18,19)(H2,11,12,13,15,20). The van der Waals surface area contributed by atoms with Gasteiger partial charge in [-0.1, -0.05) is 0 Å². The van der Waals surface area contributed by atoms with Gasteiger partial charge >= 0.3 is 18.0 Å². The van der Waals surface area contributed by atoms with E-state index in [-0.39, 0.29) is 5.95 Å². The number of anilines is 1. The summed E-state index contributed by atoms with van der Waals surface area (Å²) < 4.78 is 0. The Morgan fingerprint density at radius 3 is 2.30 bits per heavy atom. The van der Waals surface area contributed by atoms with Crippen LogP contribution < -0.4 is 10.6 Å². The normalized spacial score (nSPS) is 11.5. The molecule has 0 aliphatic heterocycles. The molecule has 0 fully saturated rings. The lowest BCUT2D eigenvalue weighted by Gasteiger charge is -2.12. The zero-order chi connectivity index (χ0) is 15.3. The number of rotatable bonds is 5. The molecule has 0 radical (unpaired) electrons. The number of amides is 2. The Hall–Kier alpha value is -2.78.